The summed E-state index contributed by atoms with van der Waals surface area (Å²) < 4.78 is 5.68. The van der Waals surface area contributed by atoms with Crippen LogP contribution in [0, 0.1) is 25.7 Å². The molecule has 0 N–H and O–H groups in total. The Morgan fingerprint density at radius 2 is 1.66 bits per heavy atom. The van der Waals surface area contributed by atoms with Gasteiger partial charge in [0.1, 0.15) is 5.75 Å². The zero-order chi connectivity index (χ0) is 20.5. The second-order valence-corrected chi connectivity index (χ2v) is 8.02. The summed E-state index contributed by atoms with van der Waals surface area (Å²) in [6, 6.07) is 12.5. The lowest BCUT2D eigenvalue weighted by molar-refractivity contribution is -0.122. The summed E-state index contributed by atoms with van der Waals surface area (Å²) in [5.41, 5.74) is 3.32. The number of Topliss-reactive ketones (excluding diaryl/α,β-unsaturated/α-hetero) is 1. The summed E-state index contributed by atoms with van der Waals surface area (Å²) in [5, 5.41) is 0. The van der Waals surface area contributed by atoms with Crippen LogP contribution in [0.25, 0.3) is 0 Å². The molecule has 1 aliphatic heterocycles. The van der Waals surface area contributed by atoms with Gasteiger partial charge in [-0.15, -0.1) is 0 Å². The quantitative estimate of drug-likeness (QED) is 0.565. The van der Waals surface area contributed by atoms with E-state index in [2.05, 4.69) is 0 Å². The van der Waals surface area contributed by atoms with E-state index in [1.54, 1.807) is 30.3 Å². The van der Waals surface area contributed by atoms with Crippen molar-refractivity contribution >= 4 is 23.3 Å². The molecule has 5 heteroatoms. The number of nitrogens with zero attached hydrogens (tertiary/aromatic N) is 1. The summed E-state index contributed by atoms with van der Waals surface area (Å²) in [5.74, 6) is -0.238. The number of ketones is 1. The maximum Gasteiger partial charge on any atom is 0.237 e. The van der Waals surface area contributed by atoms with Gasteiger partial charge in [-0.1, -0.05) is 31.0 Å². The monoisotopic (exact) mass is 391 g/mol. The van der Waals surface area contributed by atoms with Crippen molar-refractivity contribution in [2.45, 2.75) is 39.5 Å². The molecule has 0 bridgehead atoms. The Morgan fingerprint density at radius 1 is 0.966 bits per heavy atom. The van der Waals surface area contributed by atoms with Crippen LogP contribution in [0.2, 0.25) is 0 Å². The van der Waals surface area contributed by atoms with Gasteiger partial charge in [0.2, 0.25) is 11.8 Å². The maximum atomic E-state index is 12.8. The molecule has 0 radical (unpaired) electrons. The van der Waals surface area contributed by atoms with Gasteiger partial charge in [-0.2, -0.15) is 0 Å². The van der Waals surface area contributed by atoms with Crippen LogP contribution in [-0.2, 0) is 9.59 Å². The molecule has 1 heterocycles. The molecular formula is C24H25NO4. The number of amides is 2. The molecule has 1 aliphatic carbocycles. The number of imide groups is 1. The largest absolute Gasteiger partial charge is 0.485 e. The van der Waals surface area contributed by atoms with E-state index in [9.17, 15) is 14.4 Å². The first-order valence-corrected chi connectivity index (χ1v) is 10.2. The first kappa shape index (κ1) is 19.4. The van der Waals surface area contributed by atoms with E-state index in [0.717, 1.165) is 36.8 Å². The Kier molecular flexibility index (Phi) is 5.22. The number of carbonyl (C=O) groups excluding carboxylic acids is 3. The molecule has 2 aliphatic rings. The van der Waals surface area contributed by atoms with Gasteiger partial charge in [-0.3, -0.25) is 14.4 Å². The molecule has 0 unspecified atom stereocenters. The Hall–Kier alpha value is -2.95. The minimum absolute atomic E-state index is 0.0981. The van der Waals surface area contributed by atoms with Crippen LogP contribution in [0.15, 0.2) is 42.5 Å². The number of benzene rings is 2. The van der Waals surface area contributed by atoms with Gasteiger partial charge in [-0.25, -0.2) is 4.90 Å². The first-order valence-electron chi connectivity index (χ1n) is 10.2. The van der Waals surface area contributed by atoms with E-state index in [1.807, 2.05) is 26.0 Å². The molecule has 29 heavy (non-hydrogen) atoms. The molecule has 150 valence electrons. The normalized spacial score (nSPS) is 21.2. The number of rotatable bonds is 5. The second kappa shape index (κ2) is 7.82. The molecule has 5 nitrogen and oxygen atoms in total. The van der Waals surface area contributed by atoms with Crippen molar-refractivity contribution in [1.29, 1.82) is 0 Å². The van der Waals surface area contributed by atoms with E-state index in [1.165, 1.54) is 4.90 Å². The van der Waals surface area contributed by atoms with Crippen LogP contribution in [0.1, 0.15) is 47.2 Å². The van der Waals surface area contributed by atoms with Gasteiger partial charge in [0.15, 0.2) is 12.4 Å². The van der Waals surface area contributed by atoms with Crippen molar-refractivity contribution in [2.24, 2.45) is 11.8 Å². The number of anilines is 1. The lowest BCUT2D eigenvalue weighted by Crippen LogP contribution is -2.30. The maximum absolute atomic E-state index is 12.8. The average molecular weight is 391 g/mol. The fourth-order valence-corrected chi connectivity index (χ4v) is 4.28. The average Bonchev–Trinajstić information content (AvgIpc) is 2.99. The van der Waals surface area contributed by atoms with Crippen LogP contribution >= 0.6 is 0 Å². The molecule has 1 saturated carbocycles. The number of carbonyl (C=O) groups is 3. The molecule has 2 atom stereocenters. The van der Waals surface area contributed by atoms with Gasteiger partial charge in [-0.05, 0) is 56.0 Å². The molecular weight excluding hydrogens is 366 g/mol. The van der Waals surface area contributed by atoms with Crippen LogP contribution < -0.4 is 9.64 Å². The van der Waals surface area contributed by atoms with Gasteiger partial charge in [0, 0.05) is 11.6 Å². The summed E-state index contributed by atoms with van der Waals surface area (Å²) in [4.78, 5) is 39.3. The van der Waals surface area contributed by atoms with Crippen LogP contribution in [-0.4, -0.2) is 24.2 Å². The highest BCUT2D eigenvalue weighted by molar-refractivity contribution is 6.22. The molecule has 0 spiro atoms. The number of hydrogen-bond acceptors (Lipinski definition) is 4. The molecule has 0 aromatic heterocycles. The summed E-state index contributed by atoms with van der Waals surface area (Å²) in [6.45, 7) is 3.87. The molecule has 2 amide bonds. The van der Waals surface area contributed by atoms with Gasteiger partial charge >= 0.3 is 0 Å². The standard InChI is InChI=1S/C24H25NO4/c1-15-10-11-17(12-16(15)2)22(26)14-29-19-7-5-6-18(13-19)25-23(27)20-8-3-4-9-21(20)24(25)28/h5-7,10-13,20-21H,3-4,8-9,14H2,1-2H3/t20-,21-/m0/s1. The lowest BCUT2D eigenvalue weighted by Gasteiger charge is -2.19. The number of hydrogen-bond donors (Lipinski definition) is 0. The number of ether oxygens (including phenoxy) is 1. The van der Waals surface area contributed by atoms with Gasteiger partial charge in [0.05, 0.1) is 17.5 Å². The second-order valence-electron chi connectivity index (χ2n) is 8.02. The Morgan fingerprint density at radius 3 is 2.31 bits per heavy atom. The molecule has 2 aromatic rings. The SMILES string of the molecule is Cc1ccc(C(=O)COc2cccc(N3C(=O)[C@H]4CCCC[C@@H]4C3=O)c2)cc1C. The van der Waals surface area contributed by atoms with Crippen molar-refractivity contribution in [3.8, 4) is 5.75 Å². The van der Waals surface area contributed by atoms with E-state index in [0.29, 0.717) is 17.0 Å². The predicted octanol–water partition coefficient (Wildman–Crippen LogP) is 4.24. The Labute approximate surface area is 170 Å². The molecule has 4 rings (SSSR count). The highest BCUT2D eigenvalue weighted by atomic mass is 16.5. The zero-order valence-corrected chi connectivity index (χ0v) is 16.8. The number of fused-ring (bicyclic) bond motifs is 1. The third-order valence-electron chi connectivity index (χ3n) is 6.12. The highest BCUT2D eigenvalue weighted by Crippen LogP contribution is 2.40. The molecule has 1 saturated heterocycles. The van der Waals surface area contributed by atoms with E-state index in [4.69, 9.17) is 4.74 Å². The minimum atomic E-state index is -0.188. The Balaban J connectivity index is 1.47. The third-order valence-corrected chi connectivity index (χ3v) is 6.12. The van der Waals surface area contributed by atoms with E-state index >= 15 is 0 Å². The zero-order valence-electron chi connectivity index (χ0n) is 16.8. The van der Waals surface area contributed by atoms with Crippen LogP contribution in [0.5, 0.6) is 5.75 Å². The Bertz CT molecular complexity index is 957. The van der Waals surface area contributed by atoms with Crippen molar-refractivity contribution in [1.82, 2.24) is 0 Å². The predicted molar refractivity (Wildman–Crippen MR) is 110 cm³/mol. The number of aryl methyl sites for hydroxylation is 2. The van der Waals surface area contributed by atoms with Crippen LogP contribution in [0.4, 0.5) is 5.69 Å². The molecule has 2 fully saturated rings. The first-order chi connectivity index (χ1) is 14.0. The van der Waals surface area contributed by atoms with Crippen molar-refractivity contribution in [2.75, 3.05) is 11.5 Å². The van der Waals surface area contributed by atoms with E-state index in [-0.39, 0.29) is 36.0 Å². The van der Waals surface area contributed by atoms with Gasteiger partial charge in [0.25, 0.3) is 0 Å². The van der Waals surface area contributed by atoms with Crippen LogP contribution in [0.3, 0.4) is 0 Å². The topological polar surface area (TPSA) is 63.7 Å². The van der Waals surface area contributed by atoms with Crippen molar-refractivity contribution < 1.29 is 19.1 Å². The fraction of sp³-hybridized carbons (Fsp3) is 0.375. The molecule has 2 aromatic carbocycles. The van der Waals surface area contributed by atoms with E-state index < -0.39 is 0 Å². The minimum Gasteiger partial charge on any atom is -0.485 e. The smallest absolute Gasteiger partial charge is 0.237 e. The van der Waals surface area contributed by atoms with Crippen molar-refractivity contribution in [3.05, 3.63) is 59.2 Å². The van der Waals surface area contributed by atoms with Gasteiger partial charge < -0.3 is 4.74 Å². The van der Waals surface area contributed by atoms with Crippen molar-refractivity contribution in [3.63, 3.8) is 0 Å². The summed E-state index contributed by atoms with van der Waals surface area (Å²) >= 11 is 0. The lowest BCUT2D eigenvalue weighted by atomic mass is 9.81. The highest BCUT2D eigenvalue weighted by Gasteiger charge is 2.48. The fourth-order valence-electron chi connectivity index (χ4n) is 4.28. The summed E-state index contributed by atoms with van der Waals surface area (Å²) in [7, 11) is 0. The third kappa shape index (κ3) is 3.69. The summed E-state index contributed by atoms with van der Waals surface area (Å²) in [6.07, 6.45) is 3.56.